The fourth-order valence-electron chi connectivity index (χ4n) is 1.81. The van der Waals surface area contributed by atoms with E-state index >= 15 is 0 Å². The van der Waals surface area contributed by atoms with Crippen molar-refractivity contribution in [3.8, 4) is 0 Å². The smallest absolute Gasteiger partial charge is 0.124 e. The van der Waals surface area contributed by atoms with Crippen molar-refractivity contribution >= 4 is 25.6 Å². The normalized spacial score (nSPS) is 12.2. The summed E-state index contributed by atoms with van der Waals surface area (Å²) in [5.41, 5.74) is 2.43. The molecule has 1 nitrogen and oxygen atoms in total. The van der Waals surface area contributed by atoms with Crippen molar-refractivity contribution in [3.05, 3.63) is 53.8 Å². The lowest BCUT2D eigenvalue weighted by molar-refractivity contribution is 0.597. The van der Waals surface area contributed by atoms with Crippen molar-refractivity contribution in [1.82, 2.24) is 0 Å². The molecule has 17 heavy (non-hydrogen) atoms. The van der Waals surface area contributed by atoms with Gasteiger partial charge < -0.3 is 4.42 Å². The van der Waals surface area contributed by atoms with Crippen LogP contribution in [0, 0.1) is 0 Å². The lowest BCUT2D eigenvalue weighted by atomic mass is 10.2. The monoisotopic (exact) mass is 242 g/mol. The fraction of sp³-hybridized carbons (Fsp3) is 0.200. The molecule has 0 spiro atoms. The van der Waals surface area contributed by atoms with Gasteiger partial charge in [-0.3, -0.25) is 0 Å². The molecule has 0 atom stereocenters. The third kappa shape index (κ3) is 2.98. The van der Waals surface area contributed by atoms with Crippen LogP contribution in [0.25, 0.3) is 12.2 Å². The van der Waals surface area contributed by atoms with Gasteiger partial charge in [0.25, 0.3) is 0 Å². The van der Waals surface area contributed by atoms with E-state index in [1.807, 2.05) is 12.1 Å². The first-order chi connectivity index (χ1) is 8.07. The molecule has 2 heteroatoms. The molecule has 0 fully saturated rings. The second kappa shape index (κ2) is 4.76. The summed E-state index contributed by atoms with van der Waals surface area (Å²) >= 11 is 0. The van der Waals surface area contributed by atoms with Crippen molar-refractivity contribution in [1.29, 1.82) is 0 Å². The third-order valence-corrected chi connectivity index (χ3v) is 4.40. The minimum absolute atomic E-state index is 1.17. The molecule has 0 aliphatic rings. The van der Waals surface area contributed by atoms with Gasteiger partial charge in [-0.2, -0.15) is 0 Å². The molecule has 0 saturated heterocycles. The molecule has 2 rings (SSSR count). The second-order valence-electron chi connectivity index (χ2n) is 5.20. The first-order valence-electron chi connectivity index (χ1n) is 5.88. The van der Waals surface area contributed by atoms with Gasteiger partial charge in [-0.15, -0.1) is 0 Å². The molecule has 0 saturated carbocycles. The van der Waals surface area contributed by atoms with Crippen molar-refractivity contribution in [2.45, 2.75) is 19.6 Å². The van der Waals surface area contributed by atoms with E-state index in [0.29, 0.717) is 0 Å². The first kappa shape index (κ1) is 11.9. The van der Waals surface area contributed by atoms with Crippen LogP contribution in [0.4, 0.5) is 0 Å². The Morgan fingerprint density at radius 3 is 2.29 bits per heavy atom. The molecule has 1 aromatic carbocycles. The molecule has 0 unspecified atom stereocenters. The largest absolute Gasteiger partial charge is 0.474 e. The average molecular weight is 242 g/mol. The Bertz CT molecular complexity index is 503. The first-order valence-corrected chi connectivity index (χ1v) is 9.38. The van der Waals surface area contributed by atoms with Crippen molar-refractivity contribution in [2.75, 3.05) is 0 Å². The van der Waals surface area contributed by atoms with Crippen LogP contribution in [0.1, 0.15) is 11.1 Å². The van der Waals surface area contributed by atoms with Crippen LogP contribution in [0.2, 0.25) is 19.6 Å². The standard InChI is InChI=1S/C15H18OSi/c1-17(2,3)15-14(11-12-16-15)10-9-13-7-5-4-6-8-13/h4-12H,1-3H3/b10-9+. The van der Waals surface area contributed by atoms with Crippen LogP contribution in [0.3, 0.4) is 0 Å². The highest BCUT2D eigenvalue weighted by Gasteiger charge is 2.22. The number of hydrogen-bond donors (Lipinski definition) is 0. The molecule has 0 N–H and O–H groups in total. The summed E-state index contributed by atoms with van der Waals surface area (Å²) in [5.74, 6) is 0. The molecule has 1 heterocycles. The van der Waals surface area contributed by atoms with Crippen LogP contribution < -0.4 is 5.38 Å². The summed E-state index contributed by atoms with van der Waals surface area (Å²) in [5, 5.41) is 1.17. The van der Waals surface area contributed by atoms with Crippen molar-refractivity contribution in [2.24, 2.45) is 0 Å². The summed E-state index contributed by atoms with van der Waals surface area (Å²) in [6.07, 6.45) is 6.07. The Kier molecular flexibility index (Phi) is 3.34. The Morgan fingerprint density at radius 2 is 1.65 bits per heavy atom. The van der Waals surface area contributed by atoms with E-state index in [1.165, 1.54) is 16.5 Å². The highest BCUT2D eigenvalue weighted by Crippen LogP contribution is 2.12. The maximum Gasteiger partial charge on any atom is 0.124 e. The quantitative estimate of drug-likeness (QED) is 0.742. The molecular formula is C15H18OSi. The number of hydrogen-bond acceptors (Lipinski definition) is 1. The zero-order chi connectivity index (χ0) is 12.3. The lowest BCUT2D eigenvalue weighted by Crippen LogP contribution is -2.37. The van der Waals surface area contributed by atoms with Gasteiger partial charge in [0.15, 0.2) is 0 Å². The van der Waals surface area contributed by atoms with Crippen LogP contribution in [-0.2, 0) is 0 Å². The van der Waals surface area contributed by atoms with Gasteiger partial charge >= 0.3 is 0 Å². The SMILES string of the molecule is C[Si](C)(C)c1occc1/C=C/c1ccccc1. The Balaban J connectivity index is 2.26. The average Bonchev–Trinajstić information content (AvgIpc) is 2.75. The third-order valence-electron chi connectivity index (χ3n) is 2.63. The number of rotatable bonds is 3. The molecule has 0 bridgehead atoms. The topological polar surface area (TPSA) is 13.1 Å². The van der Waals surface area contributed by atoms with E-state index in [4.69, 9.17) is 4.42 Å². The van der Waals surface area contributed by atoms with Gasteiger partial charge in [0.1, 0.15) is 8.07 Å². The van der Waals surface area contributed by atoms with Gasteiger partial charge in [0.05, 0.1) is 11.6 Å². The maximum atomic E-state index is 5.63. The van der Waals surface area contributed by atoms with Gasteiger partial charge in [-0.05, 0) is 11.6 Å². The van der Waals surface area contributed by atoms with Crippen LogP contribution in [0.15, 0.2) is 47.1 Å². The van der Waals surface area contributed by atoms with E-state index in [-0.39, 0.29) is 0 Å². The van der Waals surface area contributed by atoms with Crippen LogP contribution in [0.5, 0.6) is 0 Å². The molecule has 0 amide bonds. The van der Waals surface area contributed by atoms with Crippen LogP contribution >= 0.6 is 0 Å². The Hall–Kier alpha value is -1.54. The highest BCUT2D eigenvalue weighted by atomic mass is 28.3. The number of furan rings is 1. The van der Waals surface area contributed by atoms with Gasteiger partial charge in [-0.25, -0.2) is 0 Å². The lowest BCUT2D eigenvalue weighted by Gasteiger charge is -2.13. The van der Waals surface area contributed by atoms with E-state index in [0.717, 1.165) is 0 Å². The van der Waals surface area contributed by atoms with E-state index in [2.05, 4.69) is 56.1 Å². The summed E-state index contributed by atoms with van der Waals surface area (Å²) < 4.78 is 5.63. The maximum absolute atomic E-state index is 5.63. The van der Waals surface area contributed by atoms with Crippen molar-refractivity contribution in [3.63, 3.8) is 0 Å². The second-order valence-corrected chi connectivity index (χ2v) is 10.2. The molecular weight excluding hydrogens is 224 g/mol. The Labute approximate surface area is 104 Å². The summed E-state index contributed by atoms with van der Waals surface area (Å²) in [4.78, 5) is 0. The summed E-state index contributed by atoms with van der Waals surface area (Å²) in [7, 11) is -1.38. The number of benzene rings is 1. The zero-order valence-corrected chi connectivity index (χ0v) is 11.6. The van der Waals surface area contributed by atoms with Gasteiger partial charge in [0.2, 0.25) is 0 Å². The zero-order valence-electron chi connectivity index (χ0n) is 10.6. The molecule has 0 aliphatic heterocycles. The van der Waals surface area contributed by atoms with Crippen LogP contribution in [-0.4, -0.2) is 8.07 Å². The summed E-state index contributed by atoms with van der Waals surface area (Å²) in [6, 6.07) is 12.4. The predicted octanol–water partition coefficient (Wildman–Crippen LogP) is 4.00. The van der Waals surface area contributed by atoms with E-state index in [1.54, 1.807) is 6.26 Å². The van der Waals surface area contributed by atoms with Gasteiger partial charge in [-0.1, -0.05) is 62.1 Å². The minimum atomic E-state index is -1.38. The Morgan fingerprint density at radius 1 is 0.941 bits per heavy atom. The molecule has 1 aromatic heterocycles. The molecule has 2 aromatic rings. The summed E-state index contributed by atoms with van der Waals surface area (Å²) in [6.45, 7) is 6.89. The highest BCUT2D eigenvalue weighted by molar-refractivity contribution is 6.88. The molecule has 0 radical (unpaired) electrons. The molecule has 0 aliphatic carbocycles. The van der Waals surface area contributed by atoms with E-state index < -0.39 is 8.07 Å². The van der Waals surface area contributed by atoms with Crippen molar-refractivity contribution < 1.29 is 4.42 Å². The molecule has 88 valence electrons. The van der Waals surface area contributed by atoms with E-state index in [9.17, 15) is 0 Å². The predicted molar refractivity (Wildman–Crippen MR) is 77.1 cm³/mol. The van der Waals surface area contributed by atoms with Gasteiger partial charge in [0, 0.05) is 5.56 Å². The minimum Gasteiger partial charge on any atom is -0.474 e. The fourth-order valence-corrected chi connectivity index (χ4v) is 3.26.